The quantitative estimate of drug-likeness (QED) is 0.160. The Morgan fingerprint density at radius 1 is 0.382 bits per heavy atom. The highest BCUT2D eigenvalue weighted by Gasteiger charge is 2.48. The molecule has 1 aliphatic rings. The topological polar surface area (TPSA) is 3.24 Å². The van der Waals surface area contributed by atoms with Crippen LogP contribution in [0.2, 0.25) is 0 Å². The summed E-state index contributed by atoms with van der Waals surface area (Å²) in [5, 5.41) is 2.43. The number of aryl methyl sites for hydroxylation is 1. The van der Waals surface area contributed by atoms with Gasteiger partial charge in [0.25, 0.3) is 0 Å². The number of nitrogens with zero attached hydrogens (tertiary/aromatic N) is 1. The van der Waals surface area contributed by atoms with Crippen molar-refractivity contribution in [2.75, 3.05) is 4.90 Å². The fourth-order valence-corrected chi connectivity index (χ4v) is 9.13. The van der Waals surface area contributed by atoms with E-state index in [1.54, 1.807) is 0 Å². The average molecular weight is 702 g/mol. The van der Waals surface area contributed by atoms with Gasteiger partial charge in [-0.3, -0.25) is 0 Å². The second kappa shape index (κ2) is 13.5. The van der Waals surface area contributed by atoms with Gasteiger partial charge in [0.1, 0.15) is 0 Å². The molecule has 1 nitrogen and oxygen atoms in total. The van der Waals surface area contributed by atoms with Gasteiger partial charge in [-0.1, -0.05) is 188 Å². The molecule has 0 heterocycles. The van der Waals surface area contributed by atoms with Crippen molar-refractivity contribution in [2.24, 2.45) is 0 Å². The summed E-state index contributed by atoms with van der Waals surface area (Å²) in [4.78, 5) is 2.50. The minimum absolute atomic E-state index is 0.517. The zero-order valence-corrected chi connectivity index (χ0v) is 30.7. The van der Waals surface area contributed by atoms with Crippen LogP contribution in [0.25, 0.3) is 44.2 Å². The van der Waals surface area contributed by atoms with Crippen LogP contribution in [0, 0.1) is 6.92 Å². The Bertz CT molecular complexity index is 2770. The van der Waals surface area contributed by atoms with E-state index in [-0.39, 0.29) is 0 Å². The van der Waals surface area contributed by atoms with Crippen LogP contribution in [0.4, 0.5) is 17.1 Å². The molecule has 0 bridgehead atoms. The SMILES string of the molecule is Cc1cc(N(c2ccccc2)c2c3c(cc4ccccc24)C(c2ccccc2)(c2ccccc2)c2ccccc2-3)ccc1-c1ccccc1-c1ccccc1. The Labute approximate surface area is 323 Å². The molecule has 0 spiro atoms. The summed E-state index contributed by atoms with van der Waals surface area (Å²) in [5.74, 6) is 0. The van der Waals surface area contributed by atoms with Gasteiger partial charge in [0, 0.05) is 22.3 Å². The number of hydrogen-bond donors (Lipinski definition) is 0. The smallest absolute Gasteiger partial charge is 0.0714 e. The molecule has 0 atom stereocenters. The van der Waals surface area contributed by atoms with Gasteiger partial charge in [0.2, 0.25) is 0 Å². The Morgan fingerprint density at radius 2 is 0.927 bits per heavy atom. The predicted octanol–water partition coefficient (Wildman–Crippen LogP) is 14.3. The van der Waals surface area contributed by atoms with Crippen LogP contribution in [0.5, 0.6) is 0 Å². The first-order valence-electron chi connectivity index (χ1n) is 19.1. The normalized spacial score (nSPS) is 12.6. The van der Waals surface area contributed by atoms with Gasteiger partial charge >= 0.3 is 0 Å². The monoisotopic (exact) mass is 701 g/mol. The maximum absolute atomic E-state index is 2.50. The predicted molar refractivity (Wildman–Crippen MR) is 232 cm³/mol. The van der Waals surface area contributed by atoms with E-state index in [1.165, 1.54) is 77.7 Å². The third-order valence-corrected chi connectivity index (χ3v) is 11.4. The van der Waals surface area contributed by atoms with Crippen LogP contribution in [-0.2, 0) is 5.41 Å². The Balaban J connectivity index is 1.28. The minimum Gasteiger partial charge on any atom is -0.309 e. The van der Waals surface area contributed by atoms with Crippen molar-refractivity contribution in [1.29, 1.82) is 0 Å². The summed E-state index contributed by atoms with van der Waals surface area (Å²) < 4.78 is 0. The molecular weight excluding hydrogens is 663 g/mol. The van der Waals surface area contributed by atoms with Gasteiger partial charge < -0.3 is 4.90 Å². The van der Waals surface area contributed by atoms with E-state index in [4.69, 9.17) is 0 Å². The van der Waals surface area contributed by atoms with Crippen LogP contribution in [0.15, 0.2) is 218 Å². The standard InChI is InChI=1S/C54H39N/c1-38-36-44(34-35-45(38)48-31-17-16-29-46(48)39-20-6-2-7-21-39)55(43-27-12-5-13-28-43)53-47-30-15-14-22-40(47)37-51-52(53)49-32-18-19-33-50(49)54(51,41-23-8-3-9-24-41)42-25-10-4-11-26-42/h2-37H,1H3. The molecule has 0 radical (unpaired) electrons. The van der Waals surface area contributed by atoms with E-state index in [0.29, 0.717) is 0 Å². The molecule has 10 rings (SSSR count). The first kappa shape index (κ1) is 32.7. The molecule has 55 heavy (non-hydrogen) atoms. The summed E-state index contributed by atoms with van der Waals surface area (Å²) >= 11 is 0. The Morgan fingerprint density at radius 3 is 1.60 bits per heavy atom. The number of hydrogen-bond acceptors (Lipinski definition) is 1. The first-order valence-corrected chi connectivity index (χ1v) is 19.1. The van der Waals surface area contributed by atoms with Crippen LogP contribution < -0.4 is 4.90 Å². The molecular formula is C54H39N. The van der Waals surface area contributed by atoms with Crippen molar-refractivity contribution in [3.05, 3.63) is 246 Å². The zero-order chi connectivity index (χ0) is 36.8. The van der Waals surface area contributed by atoms with Crippen molar-refractivity contribution in [3.8, 4) is 33.4 Å². The highest BCUT2D eigenvalue weighted by molar-refractivity contribution is 6.10. The summed E-state index contributed by atoms with van der Waals surface area (Å²) in [5.41, 5.74) is 16.7. The summed E-state index contributed by atoms with van der Waals surface area (Å²) in [6.45, 7) is 2.25. The molecule has 0 amide bonds. The van der Waals surface area contributed by atoms with E-state index >= 15 is 0 Å². The number of anilines is 3. The lowest BCUT2D eigenvalue weighted by Gasteiger charge is -2.35. The second-order valence-electron chi connectivity index (χ2n) is 14.5. The van der Waals surface area contributed by atoms with Crippen molar-refractivity contribution in [2.45, 2.75) is 12.3 Å². The van der Waals surface area contributed by atoms with E-state index in [9.17, 15) is 0 Å². The highest BCUT2D eigenvalue weighted by atomic mass is 15.1. The number of para-hydroxylation sites is 1. The molecule has 9 aromatic carbocycles. The first-order chi connectivity index (χ1) is 27.2. The molecule has 9 aromatic rings. The third-order valence-electron chi connectivity index (χ3n) is 11.4. The van der Waals surface area contributed by atoms with Crippen molar-refractivity contribution in [3.63, 3.8) is 0 Å². The van der Waals surface area contributed by atoms with E-state index < -0.39 is 5.41 Å². The van der Waals surface area contributed by atoms with E-state index in [0.717, 1.165) is 11.4 Å². The van der Waals surface area contributed by atoms with Crippen LogP contribution in [0.1, 0.15) is 27.8 Å². The lowest BCUT2D eigenvalue weighted by Crippen LogP contribution is -2.28. The highest BCUT2D eigenvalue weighted by Crippen LogP contribution is 2.61. The lowest BCUT2D eigenvalue weighted by molar-refractivity contribution is 0.769. The molecule has 260 valence electrons. The Kier molecular flexibility index (Phi) is 8.00. The fraction of sp³-hybridized carbons (Fsp3) is 0.0370. The molecule has 0 unspecified atom stereocenters. The van der Waals surface area contributed by atoms with Crippen molar-refractivity contribution in [1.82, 2.24) is 0 Å². The third kappa shape index (κ3) is 5.23. The summed E-state index contributed by atoms with van der Waals surface area (Å²) in [6, 6.07) is 80.0. The fourth-order valence-electron chi connectivity index (χ4n) is 9.13. The molecule has 0 N–H and O–H groups in total. The molecule has 0 aromatic heterocycles. The van der Waals surface area contributed by atoms with Crippen LogP contribution in [-0.4, -0.2) is 0 Å². The number of fused-ring (bicyclic) bond motifs is 4. The summed E-state index contributed by atoms with van der Waals surface area (Å²) in [6.07, 6.45) is 0. The molecule has 1 aliphatic carbocycles. The second-order valence-corrected chi connectivity index (χ2v) is 14.5. The van der Waals surface area contributed by atoms with Crippen molar-refractivity contribution < 1.29 is 0 Å². The maximum atomic E-state index is 2.50. The lowest BCUT2D eigenvalue weighted by atomic mass is 9.67. The Hall–Kier alpha value is -6.96. The van der Waals surface area contributed by atoms with Gasteiger partial charge in [-0.2, -0.15) is 0 Å². The van der Waals surface area contributed by atoms with E-state index in [2.05, 4.69) is 230 Å². The van der Waals surface area contributed by atoms with Gasteiger partial charge in [-0.15, -0.1) is 0 Å². The van der Waals surface area contributed by atoms with Gasteiger partial charge in [0.15, 0.2) is 0 Å². The molecule has 0 aliphatic heterocycles. The molecule has 0 saturated heterocycles. The van der Waals surface area contributed by atoms with Gasteiger partial charge in [-0.25, -0.2) is 0 Å². The molecule has 0 saturated carbocycles. The molecule has 1 heteroatoms. The van der Waals surface area contributed by atoms with Crippen LogP contribution >= 0.6 is 0 Å². The summed E-state index contributed by atoms with van der Waals surface area (Å²) in [7, 11) is 0. The number of rotatable bonds is 7. The van der Waals surface area contributed by atoms with Gasteiger partial charge in [-0.05, 0) is 98.3 Å². The van der Waals surface area contributed by atoms with Crippen molar-refractivity contribution >= 4 is 27.8 Å². The van der Waals surface area contributed by atoms with E-state index in [1.807, 2.05) is 0 Å². The van der Waals surface area contributed by atoms with Crippen LogP contribution in [0.3, 0.4) is 0 Å². The largest absolute Gasteiger partial charge is 0.309 e. The zero-order valence-electron chi connectivity index (χ0n) is 30.7. The average Bonchev–Trinajstić information content (AvgIpc) is 3.55. The molecule has 0 fully saturated rings. The minimum atomic E-state index is -0.517. The number of benzene rings is 9. The van der Waals surface area contributed by atoms with Gasteiger partial charge in [0.05, 0.1) is 11.1 Å². The maximum Gasteiger partial charge on any atom is 0.0714 e.